The first-order valence-electron chi connectivity index (χ1n) is 4.66. The minimum atomic E-state index is -4.88. The Bertz CT molecular complexity index is 554. The van der Waals surface area contributed by atoms with Gasteiger partial charge in [-0.05, 0) is 24.6 Å². The van der Waals surface area contributed by atoms with E-state index in [-0.39, 0.29) is 11.1 Å². The Hall–Kier alpha value is -1.63. The molecule has 5 nitrogen and oxygen atoms in total. The zero-order valence-corrected chi connectivity index (χ0v) is 10.4. The topological polar surface area (TPSA) is 72.5 Å². The number of halogens is 1. The molecule has 94 valence electrons. The van der Waals surface area contributed by atoms with E-state index in [9.17, 15) is 17.1 Å². The number of methoxy groups -OCH3 is 1. The van der Waals surface area contributed by atoms with Crippen LogP contribution in [0.3, 0.4) is 0 Å². The number of benzene rings is 1. The Balaban J connectivity index is 3.55. The van der Waals surface area contributed by atoms with E-state index in [0.29, 0.717) is 5.69 Å². The fraction of sp³-hybridized carbons (Fsp3) is 0.300. The first-order valence-corrected chi connectivity index (χ1v) is 6.05. The molecule has 0 aromatic heterocycles. The number of carbonyl (C=O) groups is 1. The van der Waals surface area contributed by atoms with E-state index in [1.165, 1.54) is 20.0 Å². The quantitative estimate of drug-likeness (QED) is 0.659. The molecule has 17 heavy (non-hydrogen) atoms. The van der Waals surface area contributed by atoms with Crippen LogP contribution in [0.1, 0.15) is 15.9 Å². The number of ether oxygens (including phenoxy) is 1. The Morgan fingerprint density at radius 3 is 2.41 bits per heavy atom. The van der Waals surface area contributed by atoms with Gasteiger partial charge in [-0.3, -0.25) is 0 Å². The van der Waals surface area contributed by atoms with Crippen molar-refractivity contribution in [2.24, 2.45) is 0 Å². The minimum absolute atomic E-state index is 0.0290. The second kappa shape index (κ2) is 4.70. The lowest BCUT2D eigenvalue weighted by Crippen LogP contribution is -2.07. The molecule has 0 atom stereocenters. The summed E-state index contributed by atoms with van der Waals surface area (Å²) in [6, 6.07) is 2.35. The number of rotatable bonds is 3. The van der Waals surface area contributed by atoms with Gasteiger partial charge in [0.05, 0.1) is 12.7 Å². The maximum Gasteiger partial charge on any atom is 0.337 e. The lowest BCUT2D eigenvalue weighted by Gasteiger charge is -2.10. The van der Waals surface area contributed by atoms with E-state index in [1.807, 2.05) is 0 Å². The van der Waals surface area contributed by atoms with Crippen molar-refractivity contribution in [1.82, 2.24) is 0 Å². The van der Waals surface area contributed by atoms with E-state index in [0.717, 1.165) is 13.2 Å². The molecule has 0 aliphatic carbocycles. The van der Waals surface area contributed by atoms with Crippen molar-refractivity contribution in [1.29, 1.82) is 0 Å². The Labute approximate surface area is 98.8 Å². The van der Waals surface area contributed by atoms with Gasteiger partial charge >= 0.3 is 16.2 Å². The summed E-state index contributed by atoms with van der Waals surface area (Å²) in [5, 5.41) is 2.69. The average Bonchev–Trinajstić information content (AvgIpc) is 2.26. The van der Waals surface area contributed by atoms with Crippen molar-refractivity contribution in [2.75, 3.05) is 19.5 Å². The summed E-state index contributed by atoms with van der Waals surface area (Å²) in [5.41, 5.74) is 0.533. The molecule has 0 heterocycles. The maximum absolute atomic E-state index is 13.0. The third kappa shape index (κ3) is 2.73. The van der Waals surface area contributed by atoms with Gasteiger partial charge in [0.1, 0.15) is 4.90 Å². The summed E-state index contributed by atoms with van der Waals surface area (Å²) in [4.78, 5) is 10.8. The van der Waals surface area contributed by atoms with Crippen molar-refractivity contribution < 1.29 is 21.8 Å². The molecular weight excluding hydrogens is 249 g/mol. The third-order valence-electron chi connectivity index (χ3n) is 2.31. The van der Waals surface area contributed by atoms with E-state index < -0.39 is 21.1 Å². The summed E-state index contributed by atoms with van der Waals surface area (Å²) < 4.78 is 39.4. The van der Waals surface area contributed by atoms with Crippen LogP contribution in [0.2, 0.25) is 0 Å². The van der Waals surface area contributed by atoms with Crippen LogP contribution in [0.4, 0.5) is 9.57 Å². The molecule has 0 spiro atoms. The standard InChI is InChI=1S/C10H12FNO4S/c1-6-8(12-2)4-7(10(13)16-3)5-9(6)17(11,14)15/h4-5,12H,1-3H3. The van der Waals surface area contributed by atoms with Gasteiger partial charge in [-0.15, -0.1) is 3.89 Å². The molecule has 0 bridgehead atoms. The fourth-order valence-electron chi connectivity index (χ4n) is 1.44. The second-order valence-corrected chi connectivity index (χ2v) is 4.64. The van der Waals surface area contributed by atoms with Crippen LogP contribution < -0.4 is 5.32 Å². The van der Waals surface area contributed by atoms with Crippen molar-refractivity contribution in [2.45, 2.75) is 11.8 Å². The van der Waals surface area contributed by atoms with E-state index in [4.69, 9.17) is 0 Å². The Morgan fingerprint density at radius 2 is 2.00 bits per heavy atom. The van der Waals surface area contributed by atoms with Gasteiger partial charge in [0, 0.05) is 12.7 Å². The summed E-state index contributed by atoms with van der Waals surface area (Å²) in [7, 11) is -2.18. The third-order valence-corrected chi connectivity index (χ3v) is 3.26. The monoisotopic (exact) mass is 261 g/mol. The van der Waals surface area contributed by atoms with Crippen LogP contribution in [-0.4, -0.2) is 28.5 Å². The number of esters is 1. The van der Waals surface area contributed by atoms with Crippen LogP contribution >= 0.6 is 0 Å². The van der Waals surface area contributed by atoms with Crippen molar-refractivity contribution in [3.8, 4) is 0 Å². The number of nitrogens with one attached hydrogen (secondary N) is 1. The van der Waals surface area contributed by atoms with Crippen LogP contribution in [-0.2, 0) is 15.0 Å². The predicted octanol–water partition coefficient (Wildman–Crippen LogP) is 1.48. The van der Waals surface area contributed by atoms with Crippen LogP contribution in [0.5, 0.6) is 0 Å². The normalized spacial score (nSPS) is 11.1. The molecule has 1 aromatic carbocycles. The average molecular weight is 261 g/mol. The summed E-state index contributed by atoms with van der Waals surface area (Å²) in [5.74, 6) is -0.730. The van der Waals surface area contributed by atoms with Crippen molar-refractivity contribution >= 4 is 21.9 Å². The largest absolute Gasteiger partial charge is 0.465 e. The van der Waals surface area contributed by atoms with Gasteiger partial charge < -0.3 is 10.1 Å². The lowest BCUT2D eigenvalue weighted by molar-refractivity contribution is 0.0600. The summed E-state index contributed by atoms with van der Waals surface area (Å²) in [6.07, 6.45) is 0. The summed E-state index contributed by atoms with van der Waals surface area (Å²) >= 11 is 0. The molecule has 0 saturated carbocycles. The molecule has 7 heteroatoms. The first kappa shape index (κ1) is 13.4. The number of carbonyl (C=O) groups excluding carboxylic acids is 1. The molecule has 0 unspecified atom stereocenters. The molecule has 1 rings (SSSR count). The SMILES string of the molecule is CNc1cc(C(=O)OC)cc(S(=O)(=O)F)c1C. The Morgan fingerprint density at radius 1 is 1.41 bits per heavy atom. The van der Waals surface area contributed by atoms with Crippen LogP contribution in [0.25, 0.3) is 0 Å². The summed E-state index contributed by atoms with van der Waals surface area (Å²) in [6.45, 7) is 1.44. The highest BCUT2D eigenvalue weighted by Crippen LogP contribution is 2.26. The van der Waals surface area contributed by atoms with Gasteiger partial charge in [-0.2, -0.15) is 8.42 Å². The Kier molecular flexibility index (Phi) is 3.72. The van der Waals surface area contributed by atoms with Crippen molar-refractivity contribution in [3.05, 3.63) is 23.3 Å². The molecule has 1 aromatic rings. The minimum Gasteiger partial charge on any atom is -0.465 e. The number of anilines is 1. The lowest BCUT2D eigenvalue weighted by atomic mass is 10.1. The highest BCUT2D eigenvalue weighted by Gasteiger charge is 2.21. The zero-order chi connectivity index (χ0) is 13.2. The molecule has 1 N–H and O–H groups in total. The smallest absolute Gasteiger partial charge is 0.337 e. The van der Waals surface area contributed by atoms with Gasteiger partial charge in [-0.1, -0.05) is 0 Å². The molecule has 0 aliphatic heterocycles. The first-order chi connectivity index (χ1) is 7.81. The van der Waals surface area contributed by atoms with Crippen molar-refractivity contribution in [3.63, 3.8) is 0 Å². The highest BCUT2D eigenvalue weighted by molar-refractivity contribution is 7.86. The molecule has 0 amide bonds. The van der Waals surface area contributed by atoms with E-state index >= 15 is 0 Å². The van der Waals surface area contributed by atoms with Crippen LogP contribution in [0, 0.1) is 6.92 Å². The van der Waals surface area contributed by atoms with Gasteiger partial charge in [0.2, 0.25) is 0 Å². The van der Waals surface area contributed by atoms with E-state index in [2.05, 4.69) is 10.1 Å². The second-order valence-electron chi connectivity index (χ2n) is 3.33. The van der Waals surface area contributed by atoms with Gasteiger partial charge in [0.25, 0.3) is 0 Å². The molecule has 0 aliphatic rings. The highest BCUT2D eigenvalue weighted by atomic mass is 32.3. The fourth-order valence-corrected chi connectivity index (χ4v) is 2.18. The molecule has 0 fully saturated rings. The zero-order valence-electron chi connectivity index (χ0n) is 9.57. The number of hydrogen-bond acceptors (Lipinski definition) is 5. The molecular formula is C10H12FNO4S. The number of hydrogen-bond donors (Lipinski definition) is 1. The molecule has 0 radical (unpaired) electrons. The molecule has 0 saturated heterocycles. The van der Waals surface area contributed by atoms with Crippen LogP contribution in [0.15, 0.2) is 17.0 Å². The van der Waals surface area contributed by atoms with E-state index in [1.54, 1.807) is 0 Å². The van der Waals surface area contributed by atoms with Gasteiger partial charge in [-0.25, -0.2) is 4.79 Å². The predicted molar refractivity (Wildman–Crippen MR) is 60.4 cm³/mol. The maximum atomic E-state index is 13.0. The van der Waals surface area contributed by atoms with Gasteiger partial charge in [0.15, 0.2) is 0 Å².